The summed E-state index contributed by atoms with van der Waals surface area (Å²) in [6.07, 6.45) is 3.11. The van der Waals surface area contributed by atoms with Crippen molar-refractivity contribution in [2.75, 3.05) is 11.9 Å². The minimum absolute atomic E-state index is 0.374. The van der Waals surface area contributed by atoms with Crippen LogP contribution in [0.15, 0.2) is 48.5 Å². The number of hydrogen-bond acceptors (Lipinski definition) is 4. The zero-order chi connectivity index (χ0) is 24.0. The van der Waals surface area contributed by atoms with Crippen LogP contribution >= 0.6 is 0 Å². The second-order valence-electron chi connectivity index (χ2n) is 9.12. The van der Waals surface area contributed by atoms with Crippen molar-refractivity contribution in [1.82, 2.24) is 20.0 Å². The lowest BCUT2D eigenvalue weighted by atomic mass is 9.89. The van der Waals surface area contributed by atoms with E-state index in [2.05, 4.69) is 15.7 Å². The van der Waals surface area contributed by atoms with E-state index in [0.29, 0.717) is 11.4 Å². The topological polar surface area (TPSA) is 96.3 Å². The van der Waals surface area contributed by atoms with Gasteiger partial charge in [0.25, 0.3) is 5.91 Å². The summed E-state index contributed by atoms with van der Waals surface area (Å²) in [6, 6.07) is 15.0. The maximum absolute atomic E-state index is 13.3. The highest BCUT2D eigenvalue weighted by atomic mass is 16.2. The van der Waals surface area contributed by atoms with Crippen molar-refractivity contribution >= 4 is 23.5 Å². The lowest BCUT2D eigenvalue weighted by Crippen LogP contribution is -2.42. The Hall–Kier alpha value is -3.94. The highest BCUT2D eigenvalue weighted by Gasteiger charge is 2.49. The standard InChI is InChI=1S/C26H27N5O3/c1-16-23(17(2)31(29-16)21-10-5-4-6-11-21)27-22(32)15-30-24(33)26(3,28-25(30)34)20-13-12-18-8-7-9-19(18)14-20/h4-6,10-14H,7-9,15H2,1-3H3,(H,27,32)(H,28,34). The van der Waals surface area contributed by atoms with Crippen LogP contribution in [-0.2, 0) is 28.0 Å². The largest absolute Gasteiger partial charge is 0.325 e. The molecule has 1 aliphatic heterocycles. The molecule has 5 rings (SSSR count). The Kier molecular flexibility index (Phi) is 5.23. The molecule has 4 amide bonds. The average molecular weight is 458 g/mol. The van der Waals surface area contributed by atoms with Gasteiger partial charge in [0.2, 0.25) is 5.91 Å². The summed E-state index contributed by atoms with van der Waals surface area (Å²) >= 11 is 0. The van der Waals surface area contributed by atoms with Crippen molar-refractivity contribution < 1.29 is 14.4 Å². The predicted molar refractivity (Wildman–Crippen MR) is 128 cm³/mol. The third kappa shape index (κ3) is 3.55. The molecule has 1 atom stereocenters. The number of urea groups is 1. The summed E-state index contributed by atoms with van der Waals surface area (Å²) in [7, 11) is 0. The van der Waals surface area contributed by atoms with Gasteiger partial charge in [-0.2, -0.15) is 5.10 Å². The van der Waals surface area contributed by atoms with E-state index < -0.39 is 23.4 Å². The summed E-state index contributed by atoms with van der Waals surface area (Å²) in [5.74, 6) is -0.889. The smallest absolute Gasteiger partial charge is 0.321 e. The second kappa shape index (κ2) is 8.13. The molecule has 1 saturated heterocycles. The minimum Gasteiger partial charge on any atom is -0.321 e. The van der Waals surface area contributed by atoms with Gasteiger partial charge in [-0.1, -0.05) is 36.4 Å². The first-order valence-corrected chi connectivity index (χ1v) is 11.5. The van der Waals surface area contributed by atoms with E-state index in [9.17, 15) is 14.4 Å². The second-order valence-corrected chi connectivity index (χ2v) is 9.12. The molecule has 1 fully saturated rings. The van der Waals surface area contributed by atoms with Gasteiger partial charge in [0.05, 0.1) is 22.8 Å². The molecule has 1 aliphatic carbocycles. The minimum atomic E-state index is -1.20. The van der Waals surface area contributed by atoms with Gasteiger partial charge < -0.3 is 10.6 Å². The van der Waals surface area contributed by atoms with Crippen molar-refractivity contribution in [3.05, 3.63) is 76.6 Å². The van der Waals surface area contributed by atoms with E-state index in [1.807, 2.05) is 55.5 Å². The number of benzene rings is 2. The molecule has 174 valence electrons. The molecule has 1 aromatic heterocycles. The normalized spacial score (nSPS) is 19.3. The Labute approximate surface area is 197 Å². The number of nitrogens with zero attached hydrogens (tertiary/aromatic N) is 3. The predicted octanol–water partition coefficient (Wildman–Crippen LogP) is 3.38. The molecule has 2 N–H and O–H groups in total. The molecule has 34 heavy (non-hydrogen) atoms. The highest BCUT2D eigenvalue weighted by molar-refractivity contribution is 6.10. The number of aromatic nitrogens is 2. The summed E-state index contributed by atoms with van der Waals surface area (Å²) in [6.45, 7) is 4.99. The van der Waals surface area contributed by atoms with Crippen LogP contribution in [0.25, 0.3) is 5.69 Å². The van der Waals surface area contributed by atoms with E-state index in [1.54, 1.807) is 18.5 Å². The third-order valence-corrected chi connectivity index (χ3v) is 6.81. The fourth-order valence-corrected chi connectivity index (χ4v) is 4.89. The molecule has 2 heterocycles. The van der Waals surface area contributed by atoms with E-state index >= 15 is 0 Å². The van der Waals surface area contributed by atoms with Gasteiger partial charge in [-0.25, -0.2) is 9.48 Å². The van der Waals surface area contributed by atoms with Crippen LogP contribution in [0.3, 0.4) is 0 Å². The number of para-hydroxylation sites is 1. The van der Waals surface area contributed by atoms with Gasteiger partial charge in [0, 0.05) is 0 Å². The van der Waals surface area contributed by atoms with Crippen LogP contribution < -0.4 is 10.6 Å². The first-order chi connectivity index (χ1) is 16.3. The number of carbonyl (C=O) groups is 3. The molecule has 2 aromatic carbocycles. The van der Waals surface area contributed by atoms with Crippen molar-refractivity contribution in [2.45, 2.75) is 45.6 Å². The van der Waals surface area contributed by atoms with E-state index in [4.69, 9.17) is 0 Å². The maximum Gasteiger partial charge on any atom is 0.325 e. The summed E-state index contributed by atoms with van der Waals surface area (Å²) in [5, 5.41) is 10.2. The molecule has 2 aliphatic rings. The number of amides is 4. The van der Waals surface area contributed by atoms with Crippen molar-refractivity contribution in [3.63, 3.8) is 0 Å². The van der Waals surface area contributed by atoms with Gasteiger partial charge in [0.1, 0.15) is 12.1 Å². The van der Waals surface area contributed by atoms with Crippen molar-refractivity contribution in [3.8, 4) is 5.69 Å². The average Bonchev–Trinajstić information content (AvgIpc) is 3.47. The number of aryl methyl sites for hydroxylation is 3. The number of carbonyl (C=O) groups excluding carboxylic acids is 3. The number of imide groups is 1. The molecule has 8 heteroatoms. The maximum atomic E-state index is 13.3. The van der Waals surface area contributed by atoms with Gasteiger partial charge in [-0.15, -0.1) is 0 Å². The first-order valence-electron chi connectivity index (χ1n) is 11.5. The third-order valence-electron chi connectivity index (χ3n) is 6.81. The monoisotopic (exact) mass is 457 g/mol. The number of hydrogen-bond donors (Lipinski definition) is 2. The van der Waals surface area contributed by atoms with Gasteiger partial charge in [-0.3, -0.25) is 14.5 Å². The lowest BCUT2D eigenvalue weighted by Gasteiger charge is -2.23. The molecule has 0 bridgehead atoms. The molecule has 1 unspecified atom stereocenters. The van der Waals surface area contributed by atoms with Crippen LogP contribution in [0, 0.1) is 13.8 Å². The van der Waals surface area contributed by atoms with Crippen molar-refractivity contribution in [1.29, 1.82) is 0 Å². The highest BCUT2D eigenvalue weighted by Crippen LogP contribution is 2.32. The summed E-state index contributed by atoms with van der Waals surface area (Å²) in [4.78, 5) is 39.9. The van der Waals surface area contributed by atoms with E-state index in [1.165, 1.54) is 11.1 Å². The van der Waals surface area contributed by atoms with Crippen molar-refractivity contribution in [2.24, 2.45) is 0 Å². The molecule has 3 aromatic rings. The Balaban J connectivity index is 1.33. The number of rotatable bonds is 5. The lowest BCUT2D eigenvalue weighted by molar-refractivity contribution is -0.133. The zero-order valence-corrected chi connectivity index (χ0v) is 19.5. The van der Waals surface area contributed by atoms with Gasteiger partial charge in [0.15, 0.2) is 0 Å². The molecule has 0 radical (unpaired) electrons. The van der Waals surface area contributed by atoms with Crippen LogP contribution in [0.5, 0.6) is 0 Å². The zero-order valence-electron chi connectivity index (χ0n) is 19.5. The fraction of sp³-hybridized carbons (Fsp3) is 0.308. The molecule has 0 spiro atoms. The molecule has 8 nitrogen and oxygen atoms in total. The number of nitrogens with one attached hydrogen (secondary N) is 2. The molecule has 0 saturated carbocycles. The Bertz CT molecular complexity index is 1310. The number of anilines is 1. The molecular formula is C26H27N5O3. The quantitative estimate of drug-likeness (QED) is 0.574. The fourth-order valence-electron chi connectivity index (χ4n) is 4.89. The van der Waals surface area contributed by atoms with Gasteiger partial charge >= 0.3 is 6.03 Å². The van der Waals surface area contributed by atoms with Crippen LogP contribution in [0.4, 0.5) is 10.5 Å². The summed E-state index contributed by atoms with van der Waals surface area (Å²) in [5.41, 5.74) is 4.92. The Morgan fingerprint density at radius 3 is 2.59 bits per heavy atom. The van der Waals surface area contributed by atoms with Crippen LogP contribution in [0.1, 0.15) is 41.4 Å². The molecular weight excluding hydrogens is 430 g/mol. The van der Waals surface area contributed by atoms with Crippen LogP contribution in [0.2, 0.25) is 0 Å². The van der Waals surface area contributed by atoms with E-state index in [0.717, 1.165) is 41.1 Å². The number of fused-ring (bicyclic) bond motifs is 1. The first kappa shape index (κ1) is 21.9. The van der Waals surface area contributed by atoms with Gasteiger partial charge in [-0.05, 0) is 68.9 Å². The Morgan fingerprint density at radius 2 is 1.82 bits per heavy atom. The Morgan fingerprint density at radius 1 is 1.09 bits per heavy atom. The van der Waals surface area contributed by atoms with E-state index in [-0.39, 0.29) is 6.54 Å². The summed E-state index contributed by atoms with van der Waals surface area (Å²) < 4.78 is 1.75. The SMILES string of the molecule is Cc1nn(-c2ccccc2)c(C)c1NC(=O)CN1C(=O)NC(C)(c2ccc3c(c2)CCC3)C1=O. The van der Waals surface area contributed by atoms with Crippen LogP contribution in [-0.4, -0.2) is 39.1 Å².